The van der Waals surface area contributed by atoms with E-state index in [1.54, 1.807) is 0 Å². The van der Waals surface area contributed by atoms with Gasteiger partial charge in [0.05, 0.1) is 0 Å². The van der Waals surface area contributed by atoms with Crippen molar-refractivity contribution in [3.05, 3.63) is 32.7 Å². The van der Waals surface area contributed by atoms with Crippen LogP contribution in [0.4, 0.5) is 8.78 Å². The molecule has 0 saturated carbocycles. The van der Waals surface area contributed by atoms with Crippen molar-refractivity contribution >= 4 is 17.5 Å². The lowest BCUT2D eigenvalue weighted by Crippen LogP contribution is -2.19. The molecule has 7 heteroatoms. The van der Waals surface area contributed by atoms with Gasteiger partial charge in [-0.1, -0.05) is 11.6 Å². The highest BCUT2D eigenvalue weighted by atomic mass is 35.5. The van der Waals surface area contributed by atoms with Gasteiger partial charge in [0, 0.05) is 6.07 Å². The minimum atomic E-state index is -2.99. The SMILES string of the molecule is NC(=O)c1cc(=O)c(C(F)F)c(Cl)[nH]1. The van der Waals surface area contributed by atoms with Gasteiger partial charge in [-0.2, -0.15) is 0 Å². The zero-order valence-corrected chi connectivity index (χ0v) is 7.44. The number of halogens is 3. The second kappa shape index (κ2) is 3.75. The van der Waals surface area contributed by atoms with Crippen LogP contribution in [0, 0.1) is 0 Å². The second-order valence-electron chi connectivity index (χ2n) is 2.44. The molecule has 1 rings (SSSR count). The fourth-order valence-electron chi connectivity index (χ4n) is 0.875. The minimum absolute atomic E-state index is 0.301. The largest absolute Gasteiger partial charge is 0.364 e. The molecule has 0 radical (unpaired) electrons. The maximum Gasteiger partial charge on any atom is 0.270 e. The number of pyridine rings is 1. The Morgan fingerprint density at radius 2 is 2.14 bits per heavy atom. The van der Waals surface area contributed by atoms with E-state index in [9.17, 15) is 18.4 Å². The molecule has 3 N–H and O–H groups in total. The van der Waals surface area contributed by atoms with Crippen LogP contribution in [0.1, 0.15) is 22.5 Å². The summed E-state index contributed by atoms with van der Waals surface area (Å²) in [4.78, 5) is 23.7. The van der Waals surface area contributed by atoms with Crippen LogP contribution in [0.2, 0.25) is 5.15 Å². The zero-order valence-electron chi connectivity index (χ0n) is 6.68. The summed E-state index contributed by atoms with van der Waals surface area (Å²) in [5.41, 5.74) is 2.64. The Balaban J connectivity index is 3.40. The second-order valence-corrected chi connectivity index (χ2v) is 2.82. The molecule has 1 heterocycles. The van der Waals surface area contributed by atoms with Crippen LogP contribution in [-0.2, 0) is 0 Å². The lowest BCUT2D eigenvalue weighted by atomic mass is 10.2. The Morgan fingerprint density at radius 3 is 2.50 bits per heavy atom. The van der Waals surface area contributed by atoms with E-state index in [4.69, 9.17) is 17.3 Å². The lowest BCUT2D eigenvalue weighted by molar-refractivity contribution is 0.0994. The molecule has 76 valence electrons. The van der Waals surface area contributed by atoms with Crippen molar-refractivity contribution in [2.75, 3.05) is 0 Å². The van der Waals surface area contributed by atoms with Gasteiger partial charge >= 0.3 is 0 Å². The van der Waals surface area contributed by atoms with E-state index in [-0.39, 0.29) is 5.69 Å². The van der Waals surface area contributed by atoms with Gasteiger partial charge in [0.1, 0.15) is 16.4 Å². The van der Waals surface area contributed by atoms with Crippen molar-refractivity contribution in [1.29, 1.82) is 0 Å². The molecule has 0 aromatic carbocycles. The average Bonchev–Trinajstić information content (AvgIpc) is 2.01. The van der Waals surface area contributed by atoms with Crippen molar-refractivity contribution < 1.29 is 13.6 Å². The van der Waals surface area contributed by atoms with Crippen molar-refractivity contribution in [2.45, 2.75) is 6.43 Å². The third-order valence-electron chi connectivity index (χ3n) is 1.51. The Morgan fingerprint density at radius 1 is 1.57 bits per heavy atom. The molecule has 0 unspecified atom stereocenters. The number of nitrogens with one attached hydrogen (secondary N) is 1. The van der Waals surface area contributed by atoms with Crippen LogP contribution in [-0.4, -0.2) is 10.9 Å². The van der Waals surface area contributed by atoms with Gasteiger partial charge in [-0.3, -0.25) is 9.59 Å². The first-order chi connectivity index (χ1) is 6.43. The summed E-state index contributed by atoms with van der Waals surface area (Å²) in [7, 11) is 0. The van der Waals surface area contributed by atoms with Crippen LogP contribution in [0.25, 0.3) is 0 Å². The predicted octanol–water partition coefficient (Wildman–Crippen LogP) is 1.06. The van der Waals surface area contributed by atoms with Crippen LogP contribution < -0.4 is 11.2 Å². The third kappa shape index (κ3) is 1.90. The summed E-state index contributed by atoms with van der Waals surface area (Å²) in [6.07, 6.45) is -2.99. The first-order valence-electron chi connectivity index (χ1n) is 3.44. The molecular formula is C7H5ClF2N2O2. The molecule has 0 aliphatic heterocycles. The molecule has 0 spiro atoms. The zero-order chi connectivity index (χ0) is 10.9. The summed E-state index contributed by atoms with van der Waals surface area (Å²) < 4.78 is 24.4. The Labute approximate surface area is 81.7 Å². The number of carbonyl (C=O) groups is 1. The quantitative estimate of drug-likeness (QED) is 0.735. The molecule has 14 heavy (non-hydrogen) atoms. The molecule has 1 aromatic heterocycles. The number of H-pyrrole nitrogens is 1. The van der Waals surface area contributed by atoms with Crippen molar-refractivity contribution in [2.24, 2.45) is 5.73 Å². The summed E-state index contributed by atoms with van der Waals surface area (Å²) in [5.74, 6) is -0.940. The number of amides is 1. The van der Waals surface area contributed by atoms with Crippen LogP contribution >= 0.6 is 11.6 Å². The molecule has 0 aliphatic rings. The Hall–Kier alpha value is -1.43. The molecule has 0 atom stereocenters. The number of hydrogen-bond donors (Lipinski definition) is 2. The van der Waals surface area contributed by atoms with Crippen molar-refractivity contribution in [3.63, 3.8) is 0 Å². The van der Waals surface area contributed by atoms with Crippen LogP contribution in [0.3, 0.4) is 0 Å². The van der Waals surface area contributed by atoms with E-state index in [2.05, 4.69) is 4.98 Å². The highest BCUT2D eigenvalue weighted by Gasteiger charge is 2.18. The molecule has 1 aromatic rings. The monoisotopic (exact) mass is 222 g/mol. The summed E-state index contributed by atoms with van der Waals surface area (Å²) >= 11 is 5.33. The summed E-state index contributed by atoms with van der Waals surface area (Å²) in [6.45, 7) is 0. The molecule has 1 amide bonds. The number of nitrogens with two attached hydrogens (primary N) is 1. The molecule has 0 fully saturated rings. The number of carbonyl (C=O) groups excluding carboxylic acids is 1. The van der Waals surface area contributed by atoms with E-state index in [1.807, 2.05) is 0 Å². The van der Waals surface area contributed by atoms with Gasteiger partial charge in [-0.25, -0.2) is 8.78 Å². The third-order valence-corrected chi connectivity index (χ3v) is 1.80. The molecule has 0 saturated heterocycles. The maximum absolute atomic E-state index is 12.2. The minimum Gasteiger partial charge on any atom is -0.364 e. The predicted molar refractivity (Wildman–Crippen MR) is 45.5 cm³/mol. The number of hydrogen-bond acceptors (Lipinski definition) is 2. The van der Waals surface area contributed by atoms with Gasteiger partial charge < -0.3 is 10.7 Å². The maximum atomic E-state index is 12.2. The first-order valence-corrected chi connectivity index (χ1v) is 3.82. The number of aromatic nitrogens is 1. The molecule has 0 aliphatic carbocycles. The molecule has 4 nitrogen and oxygen atoms in total. The van der Waals surface area contributed by atoms with Gasteiger partial charge in [0.15, 0.2) is 5.43 Å². The number of primary amides is 1. The van der Waals surface area contributed by atoms with E-state index in [0.29, 0.717) is 6.07 Å². The number of alkyl halides is 2. The molecule has 0 bridgehead atoms. The van der Waals surface area contributed by atoms with Crippen LogP contribution in [0.5, 0.6) is 0 Å². The van der Waals surface area contributed by atoms with Crippen molar-refractivity contribution in [1.82, 2.24) is 4.98 Å². The van der Waals surface area contributed by atoms with Gasteiger partial charge in [0.2, 0.25) is 0 Å². The average molecular weight is 223 g/mol. The Kier molecular flexibility index (Phi) is 2.85. The van der Waals surface area contributed by atoms with Crippen LogP contribution in [0.15, 0.2) is 10.9 Å². The highest BCUT2D eigenvalue weighted by Crippen LogP contribution is 2.21. The summed E-state index contributed by atoms with van der Waals surface area (Å²) in [5, 5.41) is -0.568. The fourth-order valence-corrected chi connectivity index (χ4v) is 1.15. The van der Waals surface area contributed by atoms with E-state index >= 15 is 0 Å². The van der Waals surface area contributed by atoms with E-state index in [1.165, 1.54) is 0 Å². The fraction of sp³-hybridized carbons (Fsp3) is 0.143. The Bertz CT molecular complexity index is 430. The smallest absolute Gasteiger partial charge is 0.270 e. The highest BCUT2D eigenvalue weighted by molar-refractivity contribution is 6.30. The number of rotatable bonds is 2. The lowest BCUT2D eigenvalue weighted by Gasteiger charge is -2.03. The standard InChI is InChI=1S/C7H5ClF2N2O2/c8-5-4(6(9)10)3(13)1-2(12-5)7(11)14/h1,6H,(H2,11,14)(H,12,13). The normalized spacial score (nSPS) is 10.6. The van der Waals surface area contributed by atoms with E-state index in [0.717, 1.165) is 0 Å². The van der Waals surface area contributed by atoms with Gasteiger partial charge in [-0.15, -0.1) is 0 Å². The number of aromatic amines is 1. The van der Waals surface area contributed by atoms with Crippen molar-refractivity contribution in [3.8, 4) is 0 Å². The summed E-state index contributed by atoms with van der Waals surface area (Å²) in [6, 6.07) is 0.690. The van der Waals surface area contributed by atoms with E-state index < -0.39 is 28.5 Å². The molecular weight excluding hydrogens is 218 g/mol. The first kappa shape index (κ1) is 10.6. The van der Waals surface area contributed by atoms with Gasteiger partial charge in [-0.05, 0) is 0 Å². The van der Waals surface area contributed by atoms with Gasteiger partial charge in [0.25, 0.3) is 12.3 Å². The topological polar surface area (TPSA) is 76.0 Å².